The van der Waals surface area contributed by atoms with Crippen molar-refractivity contribution >= 4 is 42.6 Å². The minimum Gasteiger partial charge on any atom is -0.497 e. The number of sulfonamides is 1. The second-order valence-electron chi connectivity index (χ2n) is 9.52. The van der Waals surface area contributed by atoms with Crippen molar-refractivity contribution in [2.75, 3.05) is 64.5 Å². The van der Waals surface area contributed by atoms with Crippen LogP contribution >= 0.6 is 11.3 Å². The monoisotopic (exact) mass is 574 g/mol. The molecule has 11 heteroatoms. The van der Waals surface area contributed by atoms with Gasteiger partial charge in [0, 0.05) is 50.9 Å². The van der Waals surface area contributed by atoms with Crippen molar-refractivity contribution in [1.29, 1.82) is 0 Å². The lowest BCUT2D eigenvalue weighted by molar-refractivity contribution is 0.0376. The summed E-state index contributed by atoms with van der Waals surface area (Å²) >= 11 is 1.46. The van der Waals surface area contributed by atoms with Gasteiger partial charge in [-0.1, -0.05) is 25.2 Å². The predicted octanol–water partition coefficient (Wildman–Crippen LogP) is 4.48. The van der Waals surface area contributed by atoms with Crippen LogP contribution in [-0.2, 0) is 14.8 Å². The number of hydrogen-bond acceptors (Lipinski definition) is 8. The Morgan fingerprint density at radius 1 is 1.05 bits per heavy atom. The predicted molar refractivity (Wildman–Crippen MR) is 156 cm³/mol. The van der Waals surface area contributed by atoms with Crippen molar-refractivity contribution in [3.05, 3.63) is 48.0 Å². The minimum absolute atomic E-state index is 0.201. The van der Waals surface area contributed by atoms with E-state index >= 15 is 0 Å². The lowest BCUT2D eigenvalue weighted by Gasteiger charge is -2.27. The second kappa shape index (κ2) is 13.7. The van der Waals surface area contributed by atoms with E-state index in [4.69, 9.17) is 14.5 Å². The van der Waals surface area contributed by atoms with Crippen LogP contribution in [0.5, 0.6) is 5.75 Å². The first-order valence-electron chi connectivity index (χ1n) is 13.5. The van der Waals surface area contributed by atoms with Gasteiger partial charge in [0.1, 0.15) is 5.75 Å². The Labute approximate surface area is 235 Å². The van der Waals surface area contributed by atoms with Crippen molar-refractivity contribution in [1.82, 2.24) is 14.2 Å². The maximum Gasteiger partial charge on any atom is 0.260 e. The van der Waals surface area contributed by atoms with Gasteiger partial charge >= 0.3 is 0 Å². The number of thiazole rings is 1. The number of amides is 1. The molecule has 1 aliphatic heterocycles. The molecule has 1 aromatic heterocycles. The Balaban J connectivity index is 1.58. The molecule has 39 heavy (non-hydrogen) atoms. The molecule has 0 saturated carbocycles. The maximum absolute atomic E-state index is 13.8. The molecule has 3 aromatic rings. The fourth-order valence-electron chi connectivity index (χ4n) is 4.62. The van der Waals surface area contributed by atoms with E-state index in [1.807, 2.05) is 32.0 Å². The normalized spacial score (nSPS) is 14.7. The SMILES string of the molecule is CCCN(CCC)S(=O)(=O)c1ccc(C(=O)N(CCCN2CCOCC2)c2nc3cc(OC)ccc3s2)cc1. The van der Waals surface area contributed by atoms with Gasteiger partial charge in [-0.3, -0.25) is 14.6 Å². The fourth-order valence-corrected chi connectivity index (χ4v) is 7.22. The molecule has 0 spiro atoms. The van der Waals surface area contributed by atoms with E-state index in [9.17, 15) is 13.2 Å². The number of benzene rings is 2. The largest absolute Gasteiger partial charge is 0.497 e. The smallest absolute Gasteiger partial charge is 0.260 e. The zero-order valence-corrected chi connectivity index (χ0v) is 24.6. The number of nitrogens with zero attached hydrogens (tertiary/aromatic N) is 4. The number of carbonyl (C=O) groups excluding carboxylic acids is 1. The number of anilines is 1. The van der Waals surface area contributed by atoms with E-state index in [-0.39, 0.29) is 10.8 Å². The highest BCUT2D eigenvalue weighted by Gasteiger charge is 2.25. The molecular formula is C28H38N4O5S2. The average molecular weight is 575 g/mol. The molecule has 1 aliphatic rings. The fraction of sp³-hybridized carbons (Fsp3) is 0.500. The Hall–Kier alpha value is -2.57. The quantitative estimate of drug-likeness (QED) is 0.297. The summed E-state index contributed by atoms with van der Waals surface area (Å²) in [7, 11) is -2.01. The van der Waals surface area contributed by atoms with E-state index in [2.05, 4.69) is 4.90 Å². The van der Waals surface area contributed by atoms with E-state index in [1.54, 1.807) is 24.1 Å². The molecule has 0 unspecified atom stereocenters. The third kappa shape index (κ3) is 7.15. The zero-order valence-electron chi connectivity index (χ0n) is 23.0. The van der Waals surface area contributed by atoms with E-state index in [0.717, 1.165) is 62.3 Å². The number of carbonyl (C=O) groups is 1. The van der Waals surface area contributed by atoms with Gasteiger partial charge in [0.2, 0.25) is 10.0 Å². The van der Waals surface area contributed by atoms with Gasteiger partial charge in [-0.15, -0.1) is 0 Å². The third-order valence-corrected chi connectivity index (χ3v) is 9.68. The molecule has 1 fully saturated rings. The highest BCUT2D eigenvalue weighted by molar-refractivity contribution is 7.89. The van der Waals surface area contributed by atoms with E-state index in [0.29, 0.717) is 36.1 Å². The van der Waals surface area contributed by atoms with Gasteiger partial charge in [0.15, 0.2) is 5.13 Å². The molecule has 0 radical (unpaired) electrons. The topological polar surface area (TPSA) is 92.3 Å². The van der Waals surface area contributed by atoms with Crippen molar-refractivity contribution in [3.8, 4) is 5.75 Å². The summed E-state index contributed by atoms with van der Waals surface area (Å²) in [6, 6.07) is 12.0. The van der Waals surface area contributed by atoms with Gasteiger partial charge in [-0.25, -0.2) is 13.4 Å². The van der Waals surface area contributed by atoms with Crippen molar-refractivity contribution in [2.45, 2.75) is 38.0 Å². The number of methoxy groups -OCH3 is 1. The first kappa shape index (κ1) is 29.4. The summed E-state index contributed by atoms with van der Waals surface area (Å²) in [6.45, 7) is 9.44. The van der Waals surface area contributed by atoms with Gasteiger partial charge in [-0.05, 0) is 55.7 Å². The Kier molecular flexibility index (Phi) is 10.3. The highest BCUT2D eigenvalue weighted by Crippen LogP contribution is 2.32. The molecular weight excluding hydrogens is 536 g/mol. The third-order valence-electron chi connectivity index (χ3n) is 6.70. The number of ether oxygens (including phenoxy) is 2. The van der Waals surface area contributed by atoms with Crippen LogP contribution in [0.25, 0.3) is 10.2 Å². The highest BCUT2D eigenvalue weighted by atomic mass is 32.2. The Morgan fingerprint density at radius 3 is 2.38 bits per heavy atom. The molecule has 1 amide bonds. The van der Waals surface area contributed by atoms with Crippen molar-refractivity contribution in [2.24, 2.45) is 0 Å². The van der Waals surface area contributed by atoms with E-state index in [1.165, 1.54) is 27.8 Å². The molecule has 0 atom stereocenters. The summed E-state index contributed by atoms with van der Waals surface area (Å²) in [5, 5.41) is 0.610. The van der Waals surface area contributed by atoms with Gasteiger partial charge in [0.25, 0.3) is 5.91 Å². The molecule has 0 N–H and O–H groups in total. The summed E-state index contributed by atoms with van der Waals surface area (Å²) in [4.78, 5) is 22.8. The molecule has 2 aromatic carbocycles. The molecule has 2 heterocycles. The molecule has 4 rings (SSSR count). The minimum atomic E-state index is -3.62. The van der Waals surface area contributed by atoms with Crippen LogP contribution in [0.1, 0.15) is 43.5 Å². The average Bonchev–Trinajstić information content (AvgIpc) is 3.38. The van der Waals surface area contributed by atoms with Gasteiger partial charge < -0.3 is 9.47 Å². The lowest BCUT2D eigenvalue weighted by atomic mass is 10.2. The molecule has 212 valence electrons. The summed E-state index contributed by atoms with van der Waals surface area (Å²) in [5.74, 6) is 0.507. The zero-order chi connectivity index (χ0) is 27.8. The summed E-state index contributed by atoms with van der Waals surface area (Å²) < 4.78 is 39.6. The summed E-state index contributed by atoms with van der Waals surface area (Å²) in [6.07, 6.45) is 2.26. The number of hydrogen-bond donors (Lipinski definition) is 0. The Bertz CT molecular complexity index is 1330. The molecule has 0 aliphatic carbocycles. The Morgan fingerprint density at radius 2 is 1.74 bits per heavy atom. The lowest BCUT2D eigenvalue weighted by Crippen LogP contribution is -2.39. The summed E-state index contributed by atoms with van der Waals surface area (Å²) in [5.41, 5.74) is 1.20. The second-order valence-corrected chi connectivity index (χ2v) is 12.5. The molecule has 0 bridgehead atoms. The van der Waals surface area contributed by atoms with Crippen LogP contribution in [0.15, 0.2) is 47.4 Å². The number of fused-ring (bicyclic) bond motifs is 1. The maximum atomic E-state index is 13.8. The van der Waals surface area contributed by atoms with Crippen LogP contribution in [0.4, 0.5) is 5.13 Å². The standard InChI is InChI=1S/C28H38N4O5S2/c1-4-13-31(14-5-2)39(34,35)24-10-7-22(8-11-24)27(33)32(16-6-15-30-17-19-37-20-18-30)28-29-25-21-23(36-3)9-12-26(25)38-28/h7-12,21H,4-6,13-20H2,1-3H3. The number of morpholine rings is 1. The van der Waals surface area contributed by atoms with Crippen LogP contribution in [0, 0.1) is 0 Å². The van der Waals surface area contributed by atoms with Crippen molar-refractivity contribution in [3.63, 3.8) is 0 Å². The molecule has 1 saturated heterocycles. The first-order chi connectivity index (χ1) is 18.9. The van der Waals surface area contributed by atoms with Gasteiger partial charge in [-0.2, -0.15) is 4.31 Å². The van der Waals surface area contributed by atoms with Gasteiger partial charge in [0.05, 0.1) is 35.4 Å². The van der Waals surface area contributed by atoms with Crippen LogP contribution in [0.2, 0.25) is 0 Å². The number of rotatable bonds is 13. The van der Waals surface area contributed by atoms with Crippen LogP contribution < -0.4 is 9.64 Å². The first-order valence-corrected chi connectivity index (χ1v) is 15.8. The molecule has 9 nitrogen and oxygen atoms in total. The van der Waals surface area contributed by atoms with Crippen LogP contribution in [0.3, 0.4) is 0 Å². The number of aromatic nitrogens is 1. The van der Waals surface area contributed by atoms with Crippen LogP contribution in [-0.4, -0.2) is 88.1 Å². The van der Waals surface area contributed by atoms with Crippen molar-refractivity contribution < 1.29 is 22.7 Å². The van der Waals surface area contributed by atoms with E-state index < -0.39 is 10.0 Å².